The third-order valence-electron chi connectivity index (χ3n) is 2.62. The summed E-state index contributed by atoms with van der Waals surface area (Å²) in [7, 11) is 1.63. The number of carbonyl (C=O) groups is 1. The number of anilines is 1. The molecule has 0 aromatic heterocycles. The van der Waals surface area contributed by atoms with Gasteiger partial charge in [-0.05, 0) is 24.6 Å². The zero-order valence-electron chi connectivity index (χ0n) is 10.7. The van der Waals surface area contributed by atoms with Gasteiger partial charge in [-0.3, -0.25) is 4.79 Å². The average Bonchev–Trinajstić information content (AvgIpc) is 2.33. The van der Waals surface area contributed by atoms with Crippen LogP contribution >= 0.6 is 15.9 Å². The van der Waals surface area contributed by atoms with Gasteiger partial charge in [-0.15, -0.1) is 0 Å². The molecule has 5 heteroatoms. The second kappa shape index (κ2) is 7.51. The zero-order chi connectivity index (χ0) is 13.5. The summed E-state index contributed by atoms with van der Waals surface area (Å²) >= 11 is 3.45. The first kappa shape index (κ1) is 15.1. The van der Waals surface area contributed by atoms with Gasteiger partial charge < -0.3 is 15.8 Å². The molecule has 1 unspecified atom stereocenters. The minimum absolute atomic E-state index is 0.0246. The number of nitrogens with one attached hydrogen (secondary N) is 1. The fourth-order valence-corrected chi connectivity index (χ4v) is 2.05. The second-order valence-electron chi connectivity index (χ2n) is 4.29. The molecule has 4 nitrogen and oxygen atoms in total. The molecule has 0 fully saturated rings. The fraction of sp³-hybridized carbons (Fsp3) is 0.462. The van der Waals surface area contributed by atoms with Crippen molar-refractivity contribution in [1.29, 1.82) is 0 Å². The molecule has 0 bridgehead atoms. The molecule has 0 saturated carbocycles. The third kappa shape index (κ3) is 4.40. The lowest BCUT2D eigenvalue weighted by atomic mass is 10.1. The number of ether oxygens (including phenoxy) is 1. The molecule has 0 aliphatic rings. The van der Waals surface area contributed by atoms with Gasteiger partial charge in [0, 0.05) is 29.3 Å². The van der Waals surface area contributed by atoms with E-state index in [2.05, 4.69) is 21.2 Å². The van der Waals surface area contributed by atoms with Gasteiger partial charge in [0.15, 0.2) is 0 Å². The Morgan fingerprint density at radius 2 is 2.28 bits per heavy atom. The summed E-state index contributed by atoms with van der Waals surface area (Å²) in [6.45, 7) is 2.91. The van der Waals surface area contributed by atoms with Crippen molar-refractivity contribution in [3.05, 3.63) is 28.2 Å². The Kier molecular flexibility index (Phi) is 6.32. The Morgan fingerprint density at radius 1 is 1.56 bits per heavy atom. The minimum atomic E-state index is -0.0246. The van der Waals surface area contributed by atoms with Gasteiger partial charge in [-0.2, -0.15) is 0 Å². The number of carbonyl (C=O) groups excluding carboxylic acids is 1. The standard InChI is InChI=1S/C13H19BrN2O2/c1-9(7-15)6-13(17)16-12-5-3-4-11(14)10(12)8-18-2/h3-5,9H,6-8,15H2,1-2H3,(H,16,17). The first-order chi connectivity index (χ1) is 8.58. The topological polar surface area (TPSA) is 64.3 Å². The van der Waals surface area contributed by atoms with Crippen molar-refractivity contribution < 1.29 is 9.53 Å². The number of amides is 1. The van der Waals surface area contributed by atoms with Crippen molar-refractivity contribution in [3.63, 3.8) is 0 Å². The monoisotopic (exact) mass is 314 g/mol. The van der Waals surface area contributed by atoms with Crippen molar-refractivity contribution in [2.75, 3.05) is 19.0 Å². The van der Waals surface area contributed by atoms with Crippen LogP contribution in [0.3, 0.4) is 0 Å². The number of halogens is 1. The van der Waals surface area contributed by atoms with E-state index >= 15 is 0 Å². The molecule has 1 aromatic carbocycles. The zero-order valence-corrected chi connectivity index (χ0v) is 12.3. The molecule has 0 aliphatic carbocycles. The van der Waals surface area contributed by atoms with Crippen LogP contribution in [0.5, 0.6) is 0 Å². The summed E-state index contributed by atoms with van der Waals surface area (Å²) in [6.07, 6.45) is 0.426. The molecule has 1 atom stereocenters. The summed E-state index contributed by atoms with van der Waals surface area (Å²) in [6, 6.07) is 5.67. The summed E-state index contributed by atoms with van der Waals surface area (Å²) in [5.74, 6) is 0.159. The summed E-state index contributed by atoms with van der Waals surface area (Å²) in [4.78, 5) is 11.8. The van der Waals surface area contributed by atoms with Crippen LogP contribution in [0.15, 0.2) is 22.7 Å². The predicted molar refractivity (Wildman–Crippen MR) is 76.3 cm³/mol. The first-order valence-corrected chi connectivity index (χ1v) is 6.64. The van der Waals surface area contributed by atoms with Gasteiger partial charge in [0.1, 0.15) is 0 Å². The lowest BCUT2D eigenvalue weighted by Crippen LogP contribution is -2.20. The van der Waals surface area contributed by atoms with Gasteiger partial charge in [0.25, 0.3) is 0 Å². The van der Waals surface area contributed by atoms with Crippen molar-refractivity contribution in [2.24, 2.45) is 11.7 Å². The van der Waals surface area contributed by atoms with E-state index in [-0.39, 0.29) is 11.8 Å². The molecule has 3 N–H and O–H groups in total. The van der Waals surface area contributed by atoms with Crippen LogP contribution in [0.1, 0.15) is 18.9 Å². The van der Waals surface area contributed by atoms with E-state index in [1.54, 1.807) is 7.11 Å². The molecule has 1 rings (SSSR count). The van der Waals surface area contributed by atoms with E-state index in [0.29, 0.717) is 19.6 Å². The maximum absolute atomic E-state index is 11.8. The van der Waals surface area contributed by atoms with Crippen molar-refractivity contribution in [1.82, 2.24) is 0 Å². The van der Waals surface area contributed by atoms with Crippen LogP contribution in [-0.4, -0.2) is 19.6 Å². The summed E-state index contributed by atoms with van der Waals surface area (Å²) in [5, 5.41) is 2.90. The predicted octanol–water partition coefficient (Wildman–Crippen LogP) is 2.52. The Bertz CT molecular complexity index is 410. The molecule has 18 heavy (non-hydrogen) atoms. The normalized spacial score (nSPS) is 12.2. The number of benzene rings is 1. The lowest BCUT2D eigenvalue weighted by molar-refractivity contribution is -0.116. The van der Waals surface area contributed by atoms with Crippen LogP contribution in [0.4, 0.5) is 5.69 Å². The van der Waals surface area contributed by atoms with E-state index < -0.39 is 0 Å². The maximum atomic E-state index is 11.8. The molecular formula is C13H19BrN2O2. The molecule has 0 radical (unpaired) electrons. The molecule has 0 heterocycles. The van der Waals surface area contributed by atoms with Crippen molar-refractivity contribution >= 4 is 27.5 Å². The van der Waals surface area contributed by atoms with Gasteiger partial charge >= 0.3 is 0 Å². The number of rotatable bonds is 6. The molecule has 100 valence electrons. The number of methoxy groups -OCH3 is 1. The minimum Gasteiger partial charge on any atom is -0.380 e. The van der Waals surface area contributed by atoms with Gasteiger partial charge in [-0.1, -0.05) is 28.9 Å². The fourth-order valence-electron chi connectivity index (χ4n) is 1.57. The van der Waals surface area contributed by atoms with Crippen molar-refractivity contribution in [3.8, 4) is 0 Å². The van der Waals surface area contributed by atoms with Crippen LogP contribution in [0.2, 0.25) is 0 Å². The van der Waals surface area contributed by atoms with Crippen LogP contribution in [-0.2, 0) is 16.1 Å². The van der Waals surface area contributed by atoms with Gasteiger partial charge in [0.05, 0.1) is 6.61 Å². The molecule has 1 amide bonds. The van der Waals surface area contributed by atoms with Crippen LogP contribution in [0, 0.1) is 5.92 Å². The SMILES string of the molecule is COCc1c(Br)cccc1NC(=O)CC(C)CN. The highest BCUT2D eigenvalue weighted by atomic mass is 79.9. The Morgan fingerprint density at radius 3 is 2.89 bits per heavy atom. The van der Waals surface area contributed by atoms with E-state index in [0.717, 1.165) is 15.7 Å². The smallest absolute Gasteiger partial charge is 0.224 e. The van der Waals surface area contributed by atoms with E-state index in [1.165, 1.54) is 0 Å². The Balaban J connectivity index is 2.77. The highest BCUT2D eigenvalue weighted by Gasteiger charge is 2.11. The highest BCUT2D eigenvalue weighted by Crippen LogP contribution is 2.25. The highest BCUT2D eigenvalue weighted by molar-refractivity contribution is 9.10. The van der Waals surface area contributed by atoms with Crippen LogP contribution < -0.4 is 11.1 Å². The number of hydrogen-bond donors (Lipinski definition) is 2. The van der Waals surface area contributed by atoms with Crippen molar-refractivity contribution in [2.45, 2.75) is 20.0 Å². The number of nitrogens with two attached hydrogens (primary N) is 1. The summed E-state index contributed by atoms with van der Waals surface area (Å²) < 4.78 is 6.06. The van der Waals surface area contributed by atoms with Gasteiger partial charge in [0.2, 0.25) is 5.91 Å². The molecule has 0 aliphatic heterocycles. The van der Waals surface area contributed by atoms with Gasteiger partial charge in [-0.25, -0.2) is 0 Å². The Hall–Kier alpha value is -0.910. The average molecular weight is 315 g/mol. The maximum Gasteiger partial charge on any atom is 0.224 e. The van der Waals surface area contributed by atoms with E-state index in [9.17, 15) is 4.79 Å². The number of hydrogen-bond acceptors (Lipinski definition) is 3. The third-order valence-corrected chi connectivity index (χ3v) is 3.36. The van der Waals surface area contributed by atoms with E-state index in [4.69, 9.17) is 10.5 Å². The first-order valence-electron chi connectivity index (χ1n) is 5.84. The molecule has 0 saturated heterocycles. The van der Waals surface area contributed by atoms with Crippen LogP contribution in [0.25, 0.3) is 0 Å². The quantitative estimate of drug-likeness (QED) is 0.848. The lowest BCUT2D eigenvalue weighted by Gasteiger charge is -2.13. The largest absolute Gasteiger partial charge is 0.380 e. The van der Waals surface area contributed by atoms with E-state index in [1.807, 2.05) is 25.1 Å². The molecular weight excluding hydrogens is 296 g/mol. The Labute approximate surface area is 116 Å². The molecule has 1 aromatic rings. The second-order valence-corrected chi connectivity index (χ2v) is 5.15. The summed E-state index contributed by atoms with van der Waals surface area (Å²) in [5.41, 5.74) is 7.22. The molecule has 0 spiro atoms.